The molecule has 1 aliphatic rings. The summed E-state index contributed by atoms with van der Waals surface area (Å²) in [5, 5.41) is 6.50. The average molecular weight is 380 g/mol. The van der Waals surface area contributed by atoms with Crippen molar-refractivity contribution in [3.63, 3.8) is 0 Å². The van der Waals surface area contributed by atoms with Crippen LogP contribution in [-0.4, -0.2) is 47.9 Å². The van der Waals surface area contributed by atoms with Gasteiger partial charge in [0.1, 0.15) is 0 Å². The standard InChI is InChI=1S/C22H28N4O2/c27-21-16-20(18-8-2-1-3-9-18)24-13-7-15-26(14-5-4-12-25-21)22(28)19-10-6-11-23-17-19/h1-3,6,8-11,17,20,24H,4-5,7,12-16H2,(H,25,27). The molecule has 6 nitrogen and oxygen atoms in total. The number of nitrogens with zero attached hydrogens (tertiary/aromatic N) is 2. The van der Waals surface area contributed by atoms with E-state index in [1.165, 1.54) is 0 Å². The molecule has 0 saturated carbocycles. The Hall–Kier alpha value is -2.73. The van der Waals surface area contributed by atoms with Gasteiger partial charge < -0.3 is 15.5 Å². The zero-order valence-electron chi connectivity index (χ0n) is 16.1. The first-order valence-corrected chi connectivity index (χ1v) is 9.98. The van der Waals surface area contributed by atoms with Crippen molar-refractivity contribution in [2.75, 3.05) is 26.2 Å². The van der Waals surface area contributed by atoms with E-state index in [2.05, 4.69) is 15.6 Å². The maximum atomic E-state index is 12.8. The van der Waals surface area contributed by atoms with E-state index in [1.54, 1.807) is 24.5 Å². The minimum atomic E-state index is -0.0237. The smallest absolute Gasteiger partial charge is 0.255 e. The topological polar surface area (TPSA) is 74.3 Å². The van der Waals surface area contributed by atoms with Crippen LogP contribution in [0.3, 0.4) is 0 Å². The molecule has 148 valence electrons. The Morgan fingerprint density at radius 1 is 1.00 bits per heavy atom. The van der Waals surface area contributed by atoms with Crippen molar-refractivity contribution >= 4 is 11.8 Å². The van der Waals surface area contributed by atoms with Crippen molar-refractivity contribution in [2.45, 2.75) is 31.7 Å². The SMILES string of the molecule is O=C1CC(c2ccccc2)NCCCN(C(=O)c2cccnc2)CCCCN1. The van der Waals surface area contributed by atoms with Crippen LogP contribution < -0.4 is 10.6 Å². The quantitative estimate of drug-likeness (QED) is 0.840. The lowest BCUT2D eigenvalue weighted by Gasteiger charge is -2.23. The van der Waals surface area contributed by atoms with Crippen LogP contribution in [0.1, 0.15) is 47.6 Å². The molecule has 28 heavy (non-hydrogen) atoms. The lowest BCUT2D eigenvalue weighted by Crippen LogP contribution is -2.35. The fourth-order valence-electron chi connectivity index (χ4n) is 3.44. The van der Waals surface area contributed by atoms with E-state index in [0.29, 0.717) is 31.6 Å². The van der Waals surface area contributed by atoms with Crippen LogP contribution in [0.25, 0.3) is 0 Å². The Labute approximate surface area is 166 Å². The Balaban J connectivity index is 1.66. The predicted octanol–water partition coefficient (Wildman–Crippen LogP) is 2.54. The molecule has 1 unspecified atom stereocenters. The summed E-state index contributed by atoms with van der Waals surface area (Å²) in [6, 6.07) is 13.6. The van der Waals surface area contributed by atoms with Gasteiger partial charge in [0.05, 0.1) is 5.56 Å². The second-order valence-electron chi connectivity index (χ2n) is 7.07. The summed E-state index contributed by atoms with van der Waals surface area (Å²) in [7, 11) is 0. The van der Waals surface area contributed by atoms with Crippen molar-refractivity contribution in [3.05, 3.63) is 66.0 Å². The molecule has 1 saturated heterocycles. The van der Waals surface area contributed by atoms with Crippen LogP contribution in [0.4, 0.5) is 0 Å². The van der Waals surface area contributed by atoms with Gasteiger partial charge in [-0.25, -0.2) is 0 Å². The fraction of sp³-hybridized carbons (Fsp3) is 0.409. The molecule has 1 atom stereocenters. The normalized spacial score (nSPS) is 19.6. The summed E-state index contributed by atoms with van der Waals surface area (Å²) in [6.07, 6.45) is 6.26. The molecule has 0 bridgehead atoms. The minimum absolute atomic E-state index is 0.0200. The van der Waals surface area contributed by atoms with Crippen molar-refractivity contribution in [3.8, 4) is 0 Å². The number of amides is 2. The largest absolute Gasteiger partial charge is 0.356 e. The first kappa shape index (κ1) is 20.0. The molecule has 2 heterocycles. The predicted molar refractivity (Wildman–Crippen MR) is 109 cm³/mol. The zero-order valence-corrected chi connectivity index (χ0v) is 16.1. The lowest BCUT2D eigenvalue weighted by molar-refractivity contribution is -0.121. The van der Waals surface area contributed by atoms with E-state index in [-0.39, 0.29) is 17.9 Å². The van der Waals surface area contributed by atoms with Crippen LogP contribution in [0.5, 0.6) is 0 Å². The molecule has 1 aromatic carbocycles. The molecule has 0 radical (unpaired) electrons. The third-order valence-corrected chi connectivity index (χ3v) is 4.96. The highest BCUT2D eigenvalue weighted by Gasteiger charge is 2.18. The highest BCUT2D eigenvalue weighted by molar-refractivity contribution is 5.93. The maximum Gasteiger partial charge on any atom is 0.255 e. The molecular formula is C22H28N4O2. The van der Waals surface area contributed by atoms with Crippen molar-refractivity contribution in [1.82, 2.24) is 20.5 Å². The molecule has 0 aliphatic carbocycles. The Morgan fingerprint density at radius 2 is 1.82 bits per heavy atom. The van der Waals surface area contributed by atoms with Gasteiger partial charge in [-0.05, 0) is 43.5 Å². The van der Waals surface area contributed by atoms with Crippen LogP contribution in [-0.2, 0) is 4.79 Å². The Bertz CT molecular complexity index is 752. The molecule has 0 spiro atoms. The highest BCUT2D eigenvalue weighted by Crippen LogP contribution is 2.17. The number of aromatic nitrogens is 1. The fourth-order valence-corrected chi connectivity index (χ4v) is 3.44. The van der Waals surface area contributed by atoms with Crippen LogP contribution in [0.15, 0.2) is 54.9 Å². The number of nitrogens with one attached hydrogen (secondary N) is 2. The van der Waals surface area contributed by atoms with Gasteiger partial charge in [0.15, 0.2) is 0 Å². The van der Waals surface area contributed by atoms with Crippen LogP contribution in [0, 0.1) is 0 Å². The Morgan fingerprint density at radius 3 is 2.61 bits per heavy atom. The van der Waals surface area contributed by atoms with Crippen molar-refractivity contribution < 1.29 is 9.59 Å². The van der Waals surface area contributed by atoms with Crippen molar-refractivity contribution in [2.24, 2.45) is 0 Å². The summed E-state index contributed by atoms with van der Waals surface area (Å²) >= 11 is 0. The lowest BCUT2D eigenvalue weighted by atomic mass is 10.0. The maximum absolute atomic E-state index is 12.8. The van der Waals surface area contributed by atoms with E-state index in [1.807, 2.05) is 35.2 Å². The van der Waals surface area contributed by atoms with Crippen LogP contribution in [0.2, 0.25) is 0 Å². The van der Waals surface area contributed by atoms with Gasteiger partial charge in [-0.2, -0.15) is 0 Å². The van der Waals surface area contributed by atoms with Gasteiger partial charge in [0.25, 0.3) is 5.91 Å². The number of hydrogen-bond donors (Lipinski definition) is 2. The molecule has 2 amide bonds. The summed E-state index contributed by atoms with van der Waals surface area (Å²) in [5.41, 5.74) is 1.73. The van der Waals surface area contributed by atoms with Gasteiger partial charge in [0.2, 0.25) is 5.91 Å². The number of carbonyl (C=O) groups excluding carboxylic acids is 2. The van der Waals surface area contributed by atoms with E-state index < -0.39 is 0 Å². The van der Waals surface area contributed by atoms with Gasteiger partial charge in [-0.15, -0.1) is 0 Å². The van der Waals surface area contributed by atoms with Gasteiger partial charge in [-0.1, -0.05) is 30.3 Å². The van der Waals surface area contributed by atoms with E-state index >= 15 is 0 Å². The molecule has 3 rings (SSSR count). The molecule has 1 fully saturated rings. The second kappa shape index (κ2) is 10.6. The van der Waals surface area contributed by atoms with E-state index in [9.17, 15) is 9.59 Å². The van der Waals surface area contributed by atoms with Crippen LogP contribution >= 0.6 is 0 Å². The molecule has 2 N–H and O–H groups in total. The third kappa shape index (κ3) is 5.89. The molecule has 6 heteroatoms. The van der Waals surface area contributed by atoms with Gasteiger partial charge in [-0.3, -0.25) is 14.6 Å². The summed E-state index contributed by atoms with van der Waals surface area (Å²) in [4.78, 5) is 31.1. The number of rotatable bonds is 2. The van der Waals surface area contributed by atoms with Gasteiger partial charge >= 0.3 is 0 Å². The first-order valence-electron chi connectivity index (χ1n) is 9.98. The molecular weight excluding hydrogens is 352 g/mol. The third-order valence-electron chi connectivity index (χ3n) is 4.96. The number of pyridine rings is 1. The summed E-state index contributed by atoms with van der Waals surface area (Å²) < 4.78 is 0. The minimum Gasteiger partial charge on any atom is -0.356 e. The summed E-state index contributed by atoms with van der Waals surface area (Å²) in [6.45, 7) is 2.74. The molecule has 1 aliphatic heterocycles. The zero-order chi connectivity index (χ0) is 19.6. The number of benzene rings is 1. The monoisotopic (exact) mass is 380 g/mol. The highest BCUT2D eigenvalue weighted by atomic mass is 16.2. The first-order chi connectivity index (χ1) is 13.7. The number of carbonyl (C=O) groups is 2. The molecule has 1 aromatic heterocycles. The average Bonchev–Trinajstić information content (AvgIpc) is 2.76. The van der Waals surface area contributed by atoms with Gasteiger partial charge in [0, 0.05) is 44.5 Å². The van der Waals surface area contributed by atoms with E-state index in [4.69, 9.17) is 0 Å². The van der Waals surface area contributed by atoms with E-state index in [0.717, 1.165) is 31.4 Å². The second-order valence-corrected chi connectivity index (χ2v) is 7.07. The number of hydrogen-bond acceptors (Lipinski definition) is 4. The summed E-state index contributed by atoms with van der Waals surface area (Å²) in [5.74, 6) is 0.0792. The Kier molecular flexibility index (Phi) is 7.55. The molecule has 2 aromatic rings. The van der Waals surface area contributed by atoms with Crippen molar-refractivity contribution in [1.29, 1.82) is 0 Å².